The largest absolute Gasteiger partial charge is 0.372 e. The zero-order chi connectivity index (χ0) is 15.2. The van der Waals surface area contributed by atoms with E-state index in [2.05, 4.69) is 71.3 Å². The highest BCUT2D eigenvalue weighted by Crippen LogP contribution is 2.21. The number of hydrogen-bond acceptors (Lipinski definition) is 3. The van der Waals surface area contributed by atoms with Gasteiger partial charge in [0.2, 0.25) is 0 Å². The summed E-state index contributed by atoms with van der Waals surface area (Å²) in [6.45, 7) is 7.30. The van der Waals surface area contributed by atoms with Gasteiger partial charge in [0.25, 0.3) is 0 Å². The molecule has 3 nitrogen and oxygen atoms in total. The number of rotatable bonds is 7. The fourth-order valence-electron chi connectivity index (χ4n) is 2.79. The van der Waals surface area contributed by atoms with Crippen LogP contribution in [0.4, 0.5) is 0 Å². The normalized spacial score (nSPS) is 22.4. The third-order valence-corrected chi connectivity index (χ3v) is 4.30. The Kier molecular flexibility index (Phi) is 6.68. The van der Waals surface area contributed by atoms with Crippen molar-refractivity contribution in [3.05, 3.63) is 34.3 Å². The first-order chi connectivity index (χ1) is 10.0. The van der Waals surface area contributed by atoms with E-state index in [1.165, 1.54) is 18.4 Å². The second-order valence-electron chi connectivity index (χ2n) is 6.35. The first kappa shape index (κ1) is 16.9. The summed E-state index contributed by atoms with van der Waals surface area (Å²) in [6, 6.07) is 9.04. The predicted molar refractivity (Wildman–Crippen MR) is 91.5 cm³/mol. The van der Waals surface area contributed by atoms with Crippen molar-refractivity contribution in [2.75, 3.05) is 20.1 Å². The molecule has 0 saturated carbocycles. The third-order valence-electron chi connectivity index (χ3n) is 3.81. The van der Waals surface area contributed by atoms with Crippen molar-refractivity contribution >= 4 is 15.9 Å². The Morgan fingerprint density at radius 1 is 1.33 bits per heavy atom. The summed E-state index contributed by atoms with van der Waals surface area (Å²) < 4.78 is 7.27. The Balaban J connectivity index is 1.72. The first-order valence-electron chi connectivity index (χ1n) is 7.84. The van der Waals surface area contributed by atoms with Crippen LogP contribution in [0.25, 0.3) is 0 Å². The van der Waals surface area contributed by atoms with E-state index >= 15 is 0 Å². The fourth-order valence-corrected chi connectivity index (χ4v) is 3.24. The van der Waals surface area contributed by atoms with E-state index in [0.29, 0.717) is 18.2 Å². The molecule has 21 heavy (non-hydrogen) atoms. The second-order valence-corrected chi connectivity index (χ2v) is 7.26. The van der Waals surface area contributed by atoms with Crippen molar-refractivity contribution < 1.29 is 4.74 Å². The van der Waals surface area contributed by atoms with Crippen molar-refractivity contribution in [3.8, 4) is 0 Å². The molecule has 0 amide bonds. The molecule has 2 rings (SSSR count). The molecule has 1 aliphatic rings. The Morgan fingerprint density at radius 3 is 2.81 bits per heavy atom. The summed E-state index contributed by atoms with van der Waals surface area (Å²) in [5.74, 6) is 0. The predicted octanol–water partition coefficient (Wildman–Crippen LogP) is 3.43. The molecule has 2 atom stereocenters. The van der Waals surface area contributed by atoms with E-state index in [0.717, 1.165) is 24.1 Å². The lowest BCUT2D eigenvalue weighted by molar-refractivity contribution is 0.0259. The second kappa shape index (κ2) is 8.28. The quantitative estimate of drug-likeness (QED) is 0.811. The Labute approximate surface area is 137 Å². The topological polar surface area (TPSA) is 24.5 Å². The van der Waals surface area contributed by atoms with Gasteiger partial charge in [0.1, 0.15) is 0 Å². The maximum atomic E-state index is 6.13. The average molecular weight is 355 g/mol. The molecule has 1 aliphatic heterocycles. The van der Waals surface area contributed by atoms with E-state index in [9.17, 15) is 0 Å². The molecule has 1 fully saturated rings. The van der Waals surface area contributed by atoms with E-state index in [1.807, 2.05) is 0 Å². The number of nitrogens with zero attached hydrogens (tertiary/aromatic N) is 1. The van der Waals surface area contributed by atoms with Gasteiger partial charge in [-0.3, -0.25) is 4.90 Å². The summed E-state index contributed by atoms with van der Waals surface area (Å²) in [5, 5.41) is 3.46. The number of halogens is 1. The van der Waals surface area contributed by atoms with E-state index in [1.54, 1.807) is 0 Å². The molecule has 1 saturated heterocycles. The minimum atomic E-state index is 0.376. The molecule has 0 spiro atoms. The van der Waals surface area contributed by atoms with Gasteiger partial charge in [-0.15, -0.1) is 0 Å². The maximum Gasteiger partial charge on any atom is 0.0707 e. The van der Waals surface area contributed by atoms with E-state index in [-0.39, 0.29) is 0 Å². The van der Waals surface area contributed by atoms with Gasteiger partial charge in [0, 0.05) is 30.1 Å². The molecule has 0 aromatic heterocycles. The number of nitrogens with one attached hydrogen (secondary N) is 1. The Morgan fingerprint density at radius 2 is 2.10 bits per heavy atom. The van der Waals surface area contributed by atoms with Gasteiger partial charge in [-0.05, 0) is 37.6 Å². The van der Waals surface area contributed by atoms with Crippen LogP contribution in [0.15, 0.2) is 28.7 Å². The summed E-state index contributed by atoms with van der Waals surface area (Å²) in [6.07, 6.45) is 3.11. The Hall–Kier alpha value is -0.420. The standard InChI is InChI=1S/C17H27BrN2O/c1-13(2)19-10-16-7-8-17(21-16)12-20(3)11-14-5-4-6-15(18)9-14/h4-6,9,13,16-17,19H,7-8,10-12H2,1-3H3. The minimum absolute atomic E-state index is 0.376. The molecule has 1 aromatic carbocycles. The smallest absolute Gasteiger partial charge is 0.0707 e. The summed E-state index contributed by atoms with van der Waals surface area (Å²) in [4.78, 5) is 2.35. The van der Waals surface area contributed by atoms with E-state index < -0.39 is 0 Å². The van der Waals surface area contributed by atoms with Crippen LogP contribution in [0.1, 0.15) is 32.3 Å². The lowest BCUT2D eigenvalue weighted by atomic mass is 10.1. The maximum absolute atomic E-state index is 6.13. The lowest BCUT2D eigenvalue weighted by Gasteiger charge is -2.22. The van der Waals surface area contributed by atoms with Gasteiger partial charge in [-0.2, -0.15) is 0 Å². The SMILES string of the molecule is CC(C)NCC1CCC(CN(C)Cc2cccc(Br)c2)O1. The van der Waals surface area contributed by atoms with Crippen LogP contribution in [0.2, 0.25) is 0 Å². The third kappa shape index (κ3) is 6.07. The monoisotopic (exact) mass is 354 g/mol. The molecule has 1 heterocycles. The van der Waals surface area contributed by atoms with Gasteiger partial charge in [0.15, 0.2) is 0 Å². The van der Waals surface area contributed by atoms with Gasteiger partial charge in [-0.1, -0.05) is 41.9 Å². The van der Waals surface area contributed by atoms with Crippen LogP contribution >= 0.6 is 15.9 Å². The average Bonchev–Trinajstić information content (AvgIpc) is 2.83. The van der Waals surface area contributed by atoms with Crippen LogP contribution in [0.5, 0.6) is 0 Å². The zero-order valence-electron chi connectivity index (χ0n) is 13.3. The van der Waals surface area contributed by atoms with Gasteiger partial charge in [0.05, 0.1) is 12.2 Å². The molecule has 1 N–H and O–H groups in total. The van der Waals surface area contributed by atoms with Crippen LogP contribution in [0, 0.1) is 0 Å². The Bertz CT molecular complexity index is 439. The van der Waals surface area contributed by atoms with Crippen LogP contribution in [0.3, 0.4) is 0 Å². The zero-order valence-corrected chi connectivity index (χ0v) is 14.9. The van der Waals surface area contributed by atoms with Crippen molar-refractivity contribution in [3.63, 3.8) is 0 Å². The number of hydrogen-bond donors (Lipinski definition) is 1. The number of ether oxygens (including phenoxy) is 1. The fraction of sp³-hybridized carbons (Fsp3) is 0.647. The van der Waals surface area contributed by atoms with Crippen molar-refractivity contribution in [2.45, 2.75) is 51.5 Å². The van der Waals surface area contributed by atoms with Crippen molar-refractivity contribution in [1.82, 2.24) is 10.2 Å². The highest BCUT2D eigenvalue weighted by atomic mass is 79.9. The van der Waals surface area contributed by atoms with Crippen molar-refractivity contribution in [1.29, 1.82) is 0 Å². The number of benzene rings is 1. The molecule has 2 unspecified atom stereocenters. The molecular weight excluding hydrogens is 328 g/mol. The number of likely N-dealkylation sites (N-methyl/N-ethyl adjacent to an activating group) is 1. The van der Waals surface area contributed by atoms with Crippen LogP contribution in [-0.4, -0.2) is 43.3 Å². The van der Waals surface area contributed by atoms with Crippen LogP contribution < -0.4 is 5.32 Å². The first-order valence-corrected chi connectivity index (χ1v) is 8.64. The van der Waals surface area contributed by atoms with Gasteiger partial charge in [-0.25, -0.2) is 0 Å². The molecule has 0 bridgehead atoms. The molecule has 118 valence electrons. The highest BCUT2D eigenvalue weighted by Gasteiger charge is 2.25. The highest BCUT2D eigenvalue weighted by molar-refractivity contribution is 9.10. The molecule has 4 heteroatoms. The molecule has 0 radical (unpaired) electrons. The van der Waals surface area contributed by atoms with Crippen LogP contribution in [-0.2, 0) is 11.3 Å². The summed E-state index contributed by atoms with van der Waals surface area (Å²) in [7, 11) is 2.17. The molecule has 1 aromatic rings. The summed E-state index contributed by atoms with van der Waals surface area (Å²) >= 11 is 3.53. The summed E-state index contributed by atoms with van der Waals surface area (Å²) in [5.41, 5.74) is 1.34. The molecular formula is C17H27BrN2O. The minimum Gasteiger partial charge on any atom is -0.372 e. The van der Waals surface area contributed by atoms with E-state index in [4.69, 9.17) is 4.74 Å². The lowest BCUT2D eigenvalue weighted by Crippen LogP contribution is -2.34. The van der Waals surface area contributed by atoms with Gasteiger partial charge >= 0.3 is 0 Å². The van der Waals surface area contributed by atoms with Crippen molar-refractivity contribution in [2.24, 2.45) is 0 Å². The molecule has 0 aliphatic carbocycles. The van der Waals surface area contributed by atoms with Gasteiger partial charge < -0.3 is 10.1 Å².